The van der Waals surface area contributed by atoms with Gasteiger partial charge in [0.1, 0.15) is 0 Å². The largest absolute Gasteiger partial charge is 0.386 e. The highest BCUT2D eigenvalue weighted by atomic mass is 15.8. The number of aryl methyl sites for hydroxylation is 1. The fourth-order valence-corrected chi connectivity index (χ4v) is 5.30. The maximum Gasteiger partial charge on any atom is 0.0509 e. The van der Waals surface area contributed by atoms with Crippen LogP contribution in [-0.2, 0) is 22.7 Å². The zero-order chi connectivity index (χ0) is 21.1. The molecule has 30 heavy (non-hydrogen) atoms. The van der Waals surface area contributed by atoms with Gasteiger partial charge in [0, 0.05) is 11.6 Å². The van der Waals surface area contributed by atoms with Crippen LogP contribution in [0.3, 0.4) is 0 Å². The van der Waals surface area contributed by atoms with Gasteiger partial charge in [-0.25, -0.2) is 5.53 Å². The van der Waals surface area contributed by atoms with Crippen molar-refractivity contribution in [3.05, 3.63) is 69.4 Å². The fourth-order valence-electron chi connectivity index (χ4n) is 5.30. The number of hydrogen-bond donors (Lipinski definition) is 2. The monoisotopic (exact) mass is 402 g/mol. The SMILES string of the molecule is Cc1cc2c(cc1C1(c3ccc(CC4=NNN[N-]4)cn3)CC1)C(C)(C)CCC2(C)C. The van der Waals surface area contributed by atoms with E-state index in [9.17, 15) is 0 Å². The molecular weight excluding hydrogens is 370 g/mol. The van der Waals surface area contributed by atoms with E-state index in [1.807, 2.05) is 6.20 Å². The molecule has 5 rings (SSSR count). The summed E-state index contributed by atoms with van der Waals surface area (Å²) in [6.07, 6.45) is 7.53. The third kappa shape index (κ3) is 3.11. The molecule has 2 N–H and O–H groups in total. The molecule has 5 nitrogen and oxygen atoms in total. The topological polar surface area (TPSA) is 63.4 Å². The Balaban J connectivity index is 1.51. The van der Waals surface area contributed by atoms with Crippen LogP contribution in [0.25, 0.3) is 5.43 Å². The van der Waals surface area contributed by atoms with Crippen molar-refractivity contribution >= 4 is 5.84 Å². The predicted octanol–water partition coefficient (Wildman–Crippen LogP) is 5.07. The first kappa shape index (κ1) is 19.6. The lowest BCUT2D eigenvalue weighted by Crippen LogP contribution is -2.34. The van der Waals surface area contributed by atoms with Crippen LogP contribution in [0.2, 0.25) is 0 Å². The maximum atomic E-state index is 4.91. The van der Waals surface area contributed by atoms with E-state index in [0.29, 0.717) is 6.42 Å². The molecule has 5 heteroatoms. The quantitative estimate of drug-likeness (QED) is 0.750. The number of hydrazine groups is 1. The number of benzene rings is 1. The summed E-state index contributed by atoms with van der Waals surface area (Å²) < 4.78 is 0. The molecule has 0 spiro atoms. The molecular formula is C25H32N5-. The summed E-state index contributed by atoms with van der Waals surface area (Å²) in [4.78, 5) is 4.91. The lowest BCUT2D eigenvalue weighted by Gasteiger charge is -2.43. The van der Waals surface area contributed by atoms with Crippen LogP contribution in [0.1, 0.15) is 86.9 Å². The third-order valence-corrected chi connectivity index (χ3v) is 7.56. The van der Waals surface area contributed by atoms with E-state index in [2.05, 4.69) is 80.5 Å². The summed E-state index contributed by atoms with van der Waals surface area (Å²) >= 11 is 0. The first-order chi connectivity index (χ1) is 14.2. The van der Waals surface area contributed by atoms with Crippen molar-refractivity contribution in [2.45, 2.75) is 83.0 Å². The van der Waals surface area contributed by atoms with E-state index in [0.717, 1.165) is 11.4 Å². The minimum atomic E-state index is 0.0771. The van der Waals surface area contributed by atoms with Gasteiger partial charge in [-0.2, -0.15) is 0 Å². The van der Waals surface area contributed by atoms with E-state index < -0.39 is 0 Å². The second kappa shape index (κ2) is 6.55. The molecule has 2 aliphatic carbocycles. The summed E-state index contributed by atoms with van der Waals surface area (Å²) in [5, 5.41) is 4.10. The highest BCUT2D eigenvalue weighted by molar-refractivity contribution is 5.95. The number of aromatic nitrogens is 1. The average molecular weight is 403 g/mol. The number of hydrazone groups is 1. The normalized spacial score (nSPS) is 22.5. The van der Waals surface area contributed by atoms with Gasteiger partial charge in [-0.1, -0.05) is 45.9 Å². The molecule has 2 aromatic rings. The second-order valence-corrected chi connectivity index (χ2v) is 10.7. The molecule has 1 aliphatic heterocycles. The number of hydrogen-bond acceptors (Lipinski definition) is 4. The van der Waals surface area contributed by atoms with Crippen molar-refractivity contribution in [2.24, 2.45) is 5.10 Å². The van der Waals surface area contributed by atoms with Crippen molar-refractivity contribution in [1.82, 2.24) is 16.1 Å². The number of fused-ring (bicyclic) bond motifs is 1. The molecule has 1 fully saturated rings. The number of amidine groups is 1. The van der Waals surface area contributed by atoms with Crippen molar-refractivity contribution in [3.63, 3.8) is 0 Å². The van der Waals surface area contributed by atoms with Crippen LogP contribution in [0.4, 0.5) is 0 Å². The van der Waals surface area contributed by atoms with Gasteiger partial charge >= 0.3 is 0 Å². The number of pyridine rings is 1. The Kier molecular flexibility index (Phi) is 4.27. The van der Waals surface area contributed by atoms with Crippen LogP contribution in [-0.4, -0.2) is 10.8 Å². The smallest absolute Gasteiger partial charge is 0.0509 e. The molecule has 0 bridgehead atoms. The van der Waals surface area contributed by atoms with Crippen molar-refractivity contribution in [3.8, 4) is 0 Å². The molecule has 1 aromatic heterocycles. The van der Waals surface area contributed by atoms with Crippen LogP contribution in [0.5, 0.6) is 0 Å². The standard InChI is InChI=1S/C25H32N5/c1-16-12-19-20(24(4,5)9-8-23(19,2)3)14-18(16)25(10-11-25)21-7-6-17(15-26-21)13-22-27-29-30-28-22/h6-7,12,14-15,29-30H,8-11,13H2,1-5H3/q-1. The zero-order valence-corrected chi connectivity index (χ0v) is 18.8. The molecule has 3 aliphatic rings. The van der Waals surface area contributed by atoms with Gasteiger partial charge in [0.25, 0.3) is 0 Å². The van der Waals surface area contributed by atoms with Crippen molar-refractivity contribution in [2.75, 3.05) is 0 Å². The Hall–Kier alpha value is -2.40. The average Bonchev–Trinajstić information content (AvgIpc) is 3.35. The Morgan fingerprint density at radius 2 is 1.63 bits per heavy atom. The molecule has 1 saturated carbocycles. The van der Waals surface area contributed by atoms with Gasteiger partial charge in [-0.15, -0.1) is 0 Å². The van der Waals surface area contributed by atoms with E-state index in [-0.39, 0.29) is 16.2 Å². The summed E-state index contributed by atoms with van der Waals surface area (Å²) in [6.45, 7) is 11.9. The highest BCUT2D eigenvalue weighted by Crippen LogP contribution is 2.56. The van der Waals surface area contributed by atoms with Gasteiger partial charge in [0.05, 0.1) is 5.69 Å². The van der Waals surface area contributed by atoms with Gasteiger partial charge in [0.2, 0.25) is 0 Å². The van der Waals surface area contributed by atoms with Crippen molar-refractivity contribution in [1.29, 1.82) is 0 Å². The Morgan fingerprint density at radius 3 is 2.20 bits per heavy atom. The summed E-state index contributed by atoms with van der Waals surface area (Å²) in [7, 11) is 0. The molecule has 0 unspecified atom stereocenters. The number of nitrogens with zero attached hydrogens (tertiary/aromatic N) is 3. The summed E-state index contributed by atoms with van der Waals surface area (Å²) in [6, 6.07) is 9.42. The second-order valence-electron chi connectivity index (χ2n) is 10.7. The fraction of sp³-hybridized carbons (Fsp3) is 0.520. The van der Waals surface area contributed by atoms with E-state index in [1.165, 1.54) is 42.5 Å². The lowest BCUT2D eigenvalue weighted by atomic mass is 9.62. The molecule has 158 valence electrons. The molecule has 2 heterocycles. The zero-order valence-electron chi connectivity index (χ0n) is 18.8. The molecule has 0 radical (unpaired) electrons. The lowest BCUT2D eigenvalue weighted by molar-refractivity contribution is 0.331. The van der Waals surface area contributed by atoms with E-state index in [1.54, 1.807) is 11.1 Å². The van der Waals surface area contributed by atoms with Gasteiger partial charge in [-0.05, 0) is 89.6 Å². The van der Waals surface area contributed by atoms with Crippen LogP contribution >= 0.6 is 0 Å². The Morgan fingerprint density at radius 1 is 0.933 bits per heavy atom. The molecule has 0 amide bonds. The van der Waals surface area contributed by atoms with E-state index >= 15 is 0 Å². The van der Waals surface area contributed by atoms with Gasteiger partial charge in [0.15, 0.2) is 0 Å². The summed E-state index contributed by atoms with van der Waals surface area (Å²) in [5.41, 5.74) is 18.3. The van der Waals surface area contributed by atoms with Crippen LogP contribution in [0.15, 0.2) is 35.6 Å². The Labute approximate surface area is 179 Å². The Bertz CT molecular complexity index is 1010. The van der Waals surface area contributed by atoms with Gasteiger partial charge in [-0.3, -0.25) is 4.98 Å². The molecule has 0 atom stereocenters. The van der Waals surface area contributed by atoms with Crippen LogP contribution < -0.4 is 11.1 Å². The molecule has 1 aromatic carbocycles. The van der Waals surface area contributed by atoms with Crippen LogP contribution in [0, 0.1) is 6.92 Å². The minimum Gasteiger partial charge on any atom is -0.386 e. The summed E-state index contributed by atoms with van der Waals surface area (Å²) in [5.74, 6) is 0.751. The number of rotatable bonds is 4. The van der Waals surface area contributed by atoms with E-state index in [4.69, 9.17) is 4.98 Å². The highest BCUT2D eigenvalue weighted by Gasteiger charge is 2.49. The molecule has 0 saturated heterocycles. The van der Waals surface area contributed by atoms with Crippen molar-refractivity contribution < 1.29 is 0 Å². The first-order valence-corrected chi connectivity index (χ1v) is 11.1. The first-order valence-electron chi connectivity index (χ1n) is 11.1. The maximum absolute atomic E-state index is 4.91. The predicted molar refractivity (Wildman–Crippen MR) is 121 cm³/mol. The third-order valence-electron chi connectivity index (χ3n) is 7.56. The minimum absolute atomic E-state index is 0.0771. The number of nitrogens with one attached hydrogen (secondary N) is 2. The van der Waals surface area contributed by atoms with Gasteiger partial charge < -0.3 is 16.1 Å².